The molecule has 0 bridgehead atoms. The van der Waals surface area contributed by atoms with E-state index in [1.165, 1.54) is 0 Å². The molecule has 0 radical (unpaired) electrons. The Hall–Kier alpha value is -2.19. The molecule has 1 aromatic heterocycles. The Kier molecular flexibility index (Phi) is 7.44. The van der Waals surface area contributed by atoms with Crippen LogP contribution in [0.4, 0.5) is 0 Å². The Morgan fingerprint density at radius 1 is 1.28 bits per heavy atom. The van der Waals surface area contributed by atoms with E-state index in [1.54, 1.807) is 18.5 Å². The molecule has 3 rings (SSSR count). The quantitative estimate of drug-likeness (QED) is 0.572. The van der Waals surface area contributed by atoms with Crippen LogP contribution in [0, 0.1) is 5.92 Å². The maximum atomic E-state index is 13.0. The van der Waals surface area contributed by atoms with Crippen molar-refractivity contribution in [1.29, 1.82) is 0 Å². The Bertz CT molecular complexity index is 698. The highest BCUT2D eigenvalue weighted by atomic mass is 16.5. The number of ether oxygens (including phenoxy) is 1. The number of nitrogens with one attached hydrogen (secondary N) is 3. The third-order valence-electron chi connectivity index (χ3n) is 5.61. The molecule has 1 aromatic rings. The van der Waals surface area contributed by atoms with E-state index in [0.29, 0.717) is 24.4 Å². The maximum Gasteiger partial charge on any atom is 0.253 e. The Labute approximate surface area is 171 Å². The van der Waals surface area contributed by atoms with Gasteiger partial charge in [-0.05, 0) is 50.8 Å². The summed E-state index contributed by atoms with van der Waals surface area (Å²) in [4.78, 5) is 42.9. The molecule has 8 heteroatoms. The van der Waals surface area contributed by atoms with Crippen molar-refractivity contribution < 1.29 is 19.1 Å². The van der Waals surface area contributed by atoms with Crippen LogP contribution in [0.1, 0.15) is 49.9 Å². The summed E-state index contributed by atoms with van der Waals surface area (Å²) in [7, 11) is 0. The van der Waals surface area contributed by atoms with Gasteiger partial charge in [-0.15, -0.1) is 0 Å². The van der Waals surface area contributed by atoms with Gasteiger partial charge in [-0.3, -0.25) is 14.4 Å². The Morgan fingerprint density at radius 2 is 2.03 bits per heavy atom. The molecule has 2 saturated heterocycles. The van der Waals surface area contributed by atoms with Gasteiger partial charge in [0.25, 0.3) is 5.91 Å². The summed E-state index contributed by atoms with van der Waals surface area (Å²) >= 11 is 0. The minimum Gasteiger partial charge on any atom is -0.367 e. The number of hydrogen-bond donors (Lipinski definition) is 3. The van der Waals surface area contributed by atoms with Crippen LogP contribution in [-0.2, 0) is 14.3 Å². The van der Waals surface area contributed by atoms with E-state index in [4.69, 9.17) is 4.74 Å². The topological polar surface area (TPSA) is 104 Å². The first-order valence-corrected chi connectivity index (χ1v) is 10.5. The number of aromatic amines is 1. The zero-order valence-electron chi connectivity index (χ0n) is 17.3. The lowest BCUT2D eigenvalue weighted by molar-refractivity contribution is -0.127. The Morgan fingerprint density at radius 3 is 2.69 bits per heavy atom. The van der Waals surface area contributed by atoms with E-state index >= 15 is 0 Å². The zero-order chi connectivity index (χ0) is 20.8. The lowest BCUT2D eigenvalue weighted by Crippen LogP contribution is -2.54. The maximum absolute atomic E-state index is 13.0. The largest absolute Gasteiger partial charge is 0.367 e. The predicted octanol–water partition coefficient (Wildman–Crippen LogP) is 1.10. The lowest BCUT2D eigenvalue weighted by Gasteiger charge is -2.26. The van der Waals surface area contributed by atoms with Gasteiger partial charge in [-0.2, -0.15) is 0 Å². The van der Waals surface area contributed by atoms with E-state index in [0.717, 1.165) is 32.4 Å². The first-order valence-electron chi connectivity index (χ1n) is 10.5. The highest BCUT2D eigenvalue weighted by Crippen LogP contribution is 2.17. The fourth-order valence-corrected chi connectivity index (χ4v) is 3.86. The zero-order valence-corrected chi connectivity index (χ0v) is 17.3. The van der Waals surface area contributed by atoms with Crippen LogP contribution in [-0.4, -0.2) is 71.9 Å². The molecule has 8 nitrogen and oxygen atoms in total. The first-order chi connectivity index (χ1) is 13.9. The number of amides is 2. The molecule has 2 unspecified atom stereocenters. The van der Waals surface area contributed by atoms with E-state index in [2.05, 4.69) is 34.4 Å². The van der Waals surface area contributed by atoms with E-state index in [1.807, 2.05) is 0 Å². The van der Waals surface area contributed by atoms with Crippen molar-refractivity contribution in [2.75, 3.05) is 26.2 Å². The molecule has 3 N–H and O–H groups in total. The fourth-order valence-electron chi connectivity index (χ4n) is 3.86. The molecule has 2 fully saturated rings. The number of carbonyl (C=O) groups excluding carboxylic acids is 3. The molecular weight excluding hydrogens is 372 g/mol. The minimum atomic E-state index is -0.694. The number of hydrogen-bond acceptors (Lipinski definition) is 5. The van der Waals surface area contributed by atoms with Crippen LogP contribution in [0.3, 0.4) is 0 Å². The van der Waals surface area contributed by atoms with Crippen LogP contribution < -0.4 is 10.6 Å². The number of rotatable bonds is 9. The van der Waals surface area contributed by atoms with Crippen molar-refractivity contribution in [1.82, 2.24) is 20.5 Å². The number of aromatic nitrogens is 1. The van der Waals surface area contributed by atoms with Crippen molar-refractivity contribution in [3.63, 3.8) is 0 Å². The van der Waals surface area contributed by atoms with Gasteiger partial charge in [0.05, 0.1) is 11.7 Å². The molecule has 2 aliphatic heterocycles. The van der Waals surface area contributed by atoms with E-state index in [-0.39, 0.29) is 30.3 Å². The van der Waals surface area contributed by atoms with Crippen LogP contribution >= 0.6 is 0 Å². The van der Waals surface area contributed by atoms with Crippen molar-refractivity contribution >= 4 is 17.6 Å². The van der Waals surface area contributed by atoms with Crippen LogP contribution in [0.25, 0.3) is 0 Å². The Balaban J connectivity index is 1.63. The molecular formula is C21H32N4O4. The molecule has 160 valence electrons. The summed E-state index contributed by atoms with van der Waals surface area (Å²) in [5.41, 5.74) is 0.472. The molecule has 3 atom stereocenters. The van der Waals surface area contributed by atoms with Gasteiger partial charge < -0.3 is 25.3 Å². The van der Waals surface area contributed by atoms with Crippen LogP contribution in [0.15, 0.2) is 18.5 Å². The number of Topliss-reactive ketones (excluding diaryl/α,β-unsaturated/α-hetero) is 1. The van der Waals surface area contributed by atoms with Crippen LogP contribution in [0.2, 0.25) is 0 Å². The van der Waals surface area contributed by atoms with Gasteiger partial charge in [-0.1, -0.05) is 13.8 Å². The molecule has 0 spiro atoms. The number of carbonyl (C=O) groups is 3. The van der Waals surface area contributed by atoms with Crippen molar-refractivity contribution in [2.24, 2.45) is 5.92 Å². The molecule has 29 heavy (non-hydrogen) atoms. The van der Waals surface area contributed by atoms with Gasteiger partial charge in [-0.25, -0.2) is 0 Å². The van der Waals surface area contributed by atoms with Gasteiger partial charge in [0.15, 0.2) is 5.78 Å². The summed E-state index contributed by atoms with van der Waals surface area (Å²) in [6, 6.07) is 0.308. The van der Waals surface area contributed by atoms with Crippen molar-refractivity contribution in [3.8, 4) is 0 Å². The molecule has 0 saturated carbocycles. The predicted molar refractivity (Wildman–Crippen MR) is 108 cm³/mol. The molecule has 2 aliphatic rings. The standard InChI is InChI=1S/C21H32N4O4/c1-14(2)5-6-16(23-20(27)15-7-8-22-11-15)21(28)24-19-17(26)13-29-18(19)12-25-9-3-4-10-25/h7-8,11,14,16,18-19,22H,3-6,9-10,12-13H2,1-2H3,(H,23,27)(H,24,28)/t16-,18?,19?/m0/s1. The second kappa shape index (κ2) is 10.0. The highest BCUT2D eigenvalue weighted by Gasteiger charge is 2.39. The van der Waals surface area contributed by atoms with Gasteiger partial charge >= 0.3 is 0 Å². The fraction of sp³-hybridized carbons (Fsp3) is 0.667. The second-order valence-electron chi connectivity index (χ2n) is 8.41. The third-order valence-corrected chi connectivity index (χ3v) is 5.61. The van der Waals surface area contributed by atoms with E-state index < -0.39 is 12.1 Å². The smallest absolute Gasteiger partial charge is 0.253 e. The second-order valence-corrected chi connectivity index (χ2v) is 8.41. The summed E-state index contributed by atoms with van der Waals surface area (Å²) in [5.74, 6) is -0.349. The SMILES string of the molecule is CC(C)CC[C@H](NC(=O)c1cc[nH]c1)C(=O)NC1C(=O)COC1CN1CCCC1. The number of likely N-dealkylation sites (tertiary alicyclic amines) is 1. The first kappa shape index (κ1) is 21.5. The average molecular weight is 405 g/mol. The molecule has 3 heterocycles. The van der Waals surface area contributed by atoms with E-state index in [9.17, 15) is 14.4 Å². The normalized spacial score (nSPS) is 23.5. The molecule has 2 amide bonds. The highest BCUT2D eigenvalue weighted by molar-refractivity contribution is 5.98. The number of H-pyrrole nitrogens is 1. The van der Waals surface area contributed by atoms with Crippen molar-refractivity contribution in [2.45, 2.75) is 57.7 Å². The summed E-state index contributed by atoms with van der Waals surface area (Å²) in [5, 5.41) is 5.68. The van der Waals surface area contributed by atoms with Crippen LogP contribution in [0.5, 0.6) is 0 Å². The number of ketones is 1. The average Bonchev–Trinajstić information content (AvgIpc) is 3.44. The summed E-state index contributed by atoms with van der Waals surface area (Å²) in [6.45, 7) is 6.81. The third kappa shape index (κ3) is 5.90. The molecule has 0 aromatic carbocycles. The molecule has 0 aliphatic carbocycles. The number of nitrogens with zero attached hydrogens (tertiary/aromatic N) is 1. The van der Waals surface area contributed by atoms with Gasteiger partial charge in [0, 0.05) is 18.9 Å². The van der Waals surface area contributed by atoms with Gasteiger partial charge in [0.1, 0.15) is 18.7 Å². The summed E-state index contributed by atoms with van der Waals surface area (Å²) in [6.07, 6.45) is 6.52. The van der Waals surface area contributed by atoms with Gasteiger partial charge in [0.2, 0.25) is 5.91 Å². The monoisotopic (exact) mass is 404 g/mol. The van der Waals surface area contributed by atoms with Crippen molar-refractivity contribution in [3.05, 3.63) is 24.0 Å². The lowest BCUT2D eigenvalue weighted by atomic mass is 10.0. The summed E-state index contributed by atoms with van der Waals surface area (Å²) < 4.78 is 5.66. The minimum absolute atomic E-state index is 0.0236.